The summed E-state index contributed by atoms with van der Waals surface area (Å²) in [6.45, 7) is 5.47. The first-order valence-corrected chi connectivity index (χ1v) is 13.1. The Kier molecular flexibility index (Phi) is 8.32. The van der Waals surface area contributed by atoms with Gasteiger partial charge >= 0.3 is 0 Å². The van der Waals surface area contributed by atoms with E-state index in [0.29, 0.717) is 18.4 Å². The number of anilines is 1. The largest absolute Gasteiger partial charge is 0.508 e. The van der Waals surface area contributed by atoms with Crippen LogP contribution in [0.3, 0.4) is 0 Å². The van der Waals surface area contributed by atoms with Gasteiger partial charge in [-0.25, -0.2) is 4.90 Å². The zero-order chi connectivity index (χ0) is 28.4. The molecule has 2 amide bonds. The molecule has 1 fully saturated rings. The van der Waals surface area contributed by atoms with Gasteiger partial charge in [0.25, 0.3) is 5.69 Å². The Morgan fingerprint density at radius 2 is 1.85 bits per heavy atom. The van der Waals surface area contributed by atoms with Gasteiger partial charge in [-0.3, -0.25) is 19.7 Å². The molecule has 0 aromatic heterocycles. The highest BCUT2D eigenvalue weighted by Gasteiger charge is 2.55. The third-order valence-electron chi connectivity index (χ3n) is 7.79. The number of non-ortho nitro benzene ring substituents is 1. The van der Waals surface area contributed by atoms with Crippen LogP contribution in [0.1, 0.15) is 45.6 Å². The van der Waals surface area contributed by atoms with E-state index in [0.717, 1.165) is 21.6 Å². The second-order valence-electron chi connectivity index (χ2n) is 10.7. The fourth-order valence-corrected chi connectivity index (χ4v) is 5.89. The van der Waals surface area contributed by atoms with Crippen LogP contribution in [0.4, 0.5) is 11.4 Å². The molecular formula is C30H34N2O7. The van der Waals surface area contributed by atoms with Crippen molar-refractivity contribution < 1.29 is 29.8 Å². The number of imide groups is 1. The van der Waals surface area contributed by atoms with Crippen molar-refractivity contribution >= 4 is 29.3 Å². The number of benzene rings is 2. The lowest BCUT2D eigenvalue weighted by molar-refractivity contribution is -0.384. The molecule has 0 bridgehead atoms. The smallest absolute Gasteiger partial charge is 0.271 e. The minimum atomic E-state index is -0.918. The molecule has 4 rings (SSSR count). The van der Waals surface area contributed by atoms with Crippen molar-refractivity contribution in [1.29, 1.82) is 0 Å². The molecule has 9 heteroatoms. The second-order valence-corrected chi connectivity index (χ2v) is 10.7. The molecule has 2 aromatic rings. The lowest BCUT2D eigenvalue weighted by Gasteiger charge is -2.38. The number of phenolic OH excluding ortho intramolecular Hbond substituents is 1. The average Bonchev–Trinajstić information content (AvgIpc) is 3.16. The number of hydrogen-bond donors (Lipinski definition) is 3. The quantitative estimate of drug-likeness (QED) is 0.185. The number of hydrogen-bond acceptors (Lipinski definition) is 7. The van der Waals surface area contributed by atoms with Crippen LogP contribution < -0.4 is 4.90 Å². The number of rotatable bonds is 9. The average molecular weight is 535 g/mol. The number of allylic oxidation sites excluding steroid dienone is 2. The van der Waals surface area contributed by atoms with E-state index < -0.39 is 47.2 Å². The monoisotopic (exact) mass is 534 g/mol. The zero-order valence-corrected chi connectivity index (χ0v) is 22.3. The van der Waals surface area contributed by atoms with E-state index in [1.54, 1.807) is 24.3 Å². The van der Waals surface area contributed by atoms with Crippen molar-refractivity contribution in [3.05, 3.63) is 80.9 Å². The molecule has 2 aliphatic rings. The van der Waals surface area contributed by atoms with Crippen molar-refractivity contribution in [2.45, 2.75) is 46.1 Å². The summed E-state index contributed by atoms with van der Waals surface area (Å²) in [5, 5.41) is 42.6. The first-order valence-electron chi connectivity index (χ1n) is 13.1. The molecule has 1 aliphatic heterocycles. The summed E-state index contributed by atoms with van der Waals surface area (Å²) in [5.41, 5.74) is 3.33. The number of carbonyl (C=O) groups is 2. The molecule has 4 atom stereocenters. The molecule has 3 N–H and O–H groups in total. The minimum absolute atomic E-state index is 0.0203. The molecule has 206 valence electrons. The SMILES string of the molecule is C/C(=C\c1ccc(O)cc1)CC[C@@H](O)C1=C(C(C)C)C[C@H]2C(=O)N(c3cccc([N+](=O)[O-])c3)C(=O)[C@H]2[C@H]1CO. The van der Waals surface area contributed by atoms with Gasteiger partial charge in [-0.15, -0.1) is 0 Å². The predicted molar refractivity (Wildman–Crippen MR) is 147 cm³/mol. The number of nitrogens with zero attached hydrogens (tertiary/aromatic N) is 2. The summed E-state index contributed by atoms with van der Waals surface area (Å²) in [7, 11) is 0. The number of amides is 2. The van der Waals surface area contributed by atoms with Crippen LogP contribution in [0.5, 0.6) is 5.75 Å². The molecule has 9 nitrogen and oxygen atoms in total. The maximum absolute atomic E-state index is 13.6. The Balaban J connectivity index is 1.61. The van der Waals surface area contributed by atoms with Gasteiger partial charge < -0.3 is 15.3 Å². The zero-order valence-electron chi connectivity index (χ0n) is 22.3. The number of fused-ring (bicyclic) bond motifs is 1. The summed E-state index contributed by atoms with van der Waals surface area (Å²) in [6.07, 6.45) is 2.27. The minimum Gasteiger partial charge on any atom is -0.508 e. The van der Waals surface area contributed by atoms with Crippen LogP contribution in [0.15, 0.2) is 65.3 Å². The van der Waals surface area contributed by atoms with E-state index in [9.17, 15) is 35.0 Å². The maximum atomic E-state index is 13.6. The topological polar surface area (TPSA) is 141 Å². The van der Waals surface area contributed by atoms with Crippen molar-refractivity contribution in [2.75, 3.05) is 11.5 Å². The van der Waals surface area contributed by atoms with Gasteiger partial charge in [0.15, 0.2) is 0 Å². The number of aromatic hydroxyl groups is 1. The summed E-state index contributed by atoms with van der Waals surface area (Å²) in [6, 6.07) is 12.2. The predicted octanol–water partition coefficient (Wildman–Crippen LogP) is 4.62. The van der Waals surface area contributed by atoms with Gasteiger partial charge in [0, 0.05) is 18.1 Å². The Bertz CT molecular complexity index is 1330. The van der Waals surface area contributed by atoms with E-state index in [1.165, 1.54) is 24.3 Å². The van der Waals surface area contributed by atoms with E-state index >= 15 is 0 Å². The summed E-state index contributed by atoms with van der Waals surface area (Å²) >= 11 is 0. The third kappa shape index (κ3) is 5.65. The number of nitro benzene ring substituents is 1. The standard InChI is InChI=1S/C30H34N2O7/c1-17(2)23-15-24-28(30(37)31(29(24)36)20-5-4-6-21(14-20)32(38)39)25(16-33)27(23)26(35)12-7-18(3)13-19-8-10-22(34)11-9-19/h4-6,8-11,13-14,17,24-26,28,33-35H,7,12,15-16H2,1-3H3/b18-13+/t24-,25+,26-,28-/m1/s1. The normalized spacial score (nSPS) is 22.5. The molecule has 0 radical (unpaired) electrons. The summed E-state index contributed by atoms with van der Waals surface area (Å²) in [4.78, 5) is 38.8. The van der Waals surface area contributed by atoms with Gasteiger partial charge in [0.1, 0.15) is 5.75 Å². The van der Waals surface area contributed by atoms with E-state index in [4.69, 9.17) is 0 Å². The molecule has 0 unspecified atom stereocenters. The fraction of sp³-hybridized carbons (Fsp3) is 0.400. The van der Waals surface area contributed by atoms with Gasteiger partial charge in [0.05, 0.1) is 35.2 Å². The van der Waals surface area contributed by atoms with E-state index in [-0.39, 0.29) is 29.5 Å². The Labute approximate surface area is 227 Å². The first kappa shape index (κ1) is 28.2. The van der Waals surface area contributed by atoms with Crippen molar-refractivity contribution in [3.63, 3.8) is 0 Å². The van der Waals surface area contributed by atoms with E-state index in [2.05, 4.69) is 0 Å². The first-order chi connectivity index (χ1) is 18.5. The van der Waals surface area contributed by atoms with Gasteiger partial charge in [-0.05, 0) is 61.4 Å². The van der Waals surface area contributed by atoms with Crippen LogP contribution in [0.2, 0.25) is 0 Å². The van der Waals surface area contributed by atoms with Crippen LogP contribution in [0.25, 0.3) is 6.08 Å². The molecule has 39 heavy (non-hydrogen) atoms. The van der Waals surface area contributed by atoms with Gasteiger partial charge in [0.2, 0.25) is 11.8 Å². The number of aliphatic hydroxyl groups is 2. The lowest BCUT2D eigenvalue weighted by Crippen LogP contribution is -2.39. The molecule has 2 aromatic carbocycles. The van der Waals surface area contributed by atoms with Crippen molar-refractivity contribution in [2.24, 2.45) is 23.7 Å². The van der Waals surface area contributed by atoms with Gasteiger partial charge in [-0.2, -0.15) is 0 Å². The number of carbonyl (C=O) groups excluding carboxylic acids is 2. The van der Waals surface area contributed by atoms with Crippen LogP contribution >= 0.6 is 0 Å². The molecule has 0 spiro atoms. The summed E-state index contributed by atoms with van der Waals surface area (Å²) in [5.74, 6) is -3.10. The number of aliphatic hydroxyl groups excluding tert-OH is 2. The Hall–Kier alpha value is -3.82. The fourth-order valence-electron chi connectivity index (χ4n) is 5.89. The number of phenols is 1. The molecule has 1 heterocycles. The van der Waals surface area contributed by atoms with Crippen molar-refractivity contribution in [3.8, 4) is 5.75 Å². The highest BCUT2D eigenvalue weighted by atomic mass is 16.6. The van der Waals surface area contributed by atoms with Gasteiger partial charge in [-0.1, -0.05) is 49.3 Å². The Morgan fingerprint density at radius 1 is 1.15 bits per heavy atom. The number of nitro groups is 1. The second kappa shape index (κ2) is 11.5. The maximum Gasteiger partial charge on any atom is 0.271 e. The molecule has 1 saturated heterocycles. The summed E-state index contributed by atoms with van der Waals surface area (Å²) < 4.78 is 0. The highest BCUT2D eigenvalue weighted by Crippen LogP contribution is 2.49. The van der Waals surface area contributed by atoms with Crippen LogP contribution in [-0.2, 0) is 9.59 Å². The lowest BCUT2D eigenvalue weighted by atomic mass is 9.66. The third-order valence-corrected chi connectivity index (χ3v) is 7.79. The van der Waals surface area contributed by atoms with Crippen LogP contribution in [0, 0.1) is 33.8 Å². The molecule has 1 aliphatic carbocycles. The molecular weight excluding hydrogens is 500 g/mol. The van der Waals surface area contributed by atoms with E-state index in [1.807, 2.05) is 26.8 Å². The molecule has 0 saturated carbocycles. The van der Waals surface area contributed by atoms with Crippen molar-refractivity contribution in [1.82, 2.24) is 0 Å². The highest BCUT2D eigenvalue weighted by molar-refractivity contribution is 6.22. The Morgan fingerprint density at radius 3 is 2.46 bits per heavy atom. The van der Waals surface area contributed by atoms with Crippen LogP contribution in [-0.4, -0.2) is 44.8 Å².